The van der Waals surface area contributed by atoms with Gasteiger partial charge in [-0.25, -0.2) is 0 Å². The highest BCUT2D eigenvalue weighted by atomic mass is 16.5. The van der Waals surface area contributed by atoms with E-state index in [1.807, 2.05) is 30.3 Å². The van der Waals surface area contributed by atoms with Gasteiger partial charge in [0.05, 0.1) is 32.9 Å². The molecule has 4 rings (SSSR count). The first-order valence-corrected chi connectivity index (χ1v) is 11.2. The number of Topliss-reactive ketones (excluding diaryl/α,β-unsaturated/α-hetero) is 1. The van der Waals surface area contributed by atoms with E-state index in [4.69, 9.17) is 14.2 Å². The van der Waals surface area contributed by atoms with E-state index in [0.29, 0.717) is 34.8 Å². The molecule has 1 saturated heterocycles. The molecule has 1 aliphatic rings. The van der Waals surface area contributed by atoms with Crippen molar-refractivity contribution in [2.75, 3.05) is 27.9 Å². The van der Waals surface area contributed by atoms with Crippen molar-refractivity contribution >= 4 is 17.4 Å². The molecule has 0 aromatic heterocycles. The van der Waals surface area contributed by atoms with Crippen molar-refractivity contribution in [2.24, 2.45) is 0 Å². The number of likely N-dealkylation sites (tertiary alicyclic amines) is 1. The van der Waals surface area contributed by atoms with Crippen LogP contribution in [0.4, 0.5) is 0 Å². The van der Waals surface area contributed by atoms with Gasteiger partial charge < -0.3 is 24.2 Å². The highest BCUT2D eigenvalue weighted by Crippen LogP contribution is 2.43. The van der Waals surface area contributed by atoms with E-state index in [-0.39, 0.29) is 17.9 Å². The zero-order valence-electron chi connectivity index (χ0n) is 19.9. The lowest BCUT2D eigenvalue weighted by atomic mass is 9.94. The van der Waals surface area contributed by atoms with Crippen LogP contribution in [-0.4, -0.2) is 49.6 Å². The minimum absolute atomic E-state index is 0.0108. The molecule has 0 spiro atoms. The Labute approximate surface area is 204 Å². The Balaban J connectivity index is 1.83. The van der Waals surface area contributed by atoms with Crippen molar-refractivity contribution in [2.45, 2.75) is 12.5 Å². The average molecular weight is 474 g/mol. The second-order valence-corrected chi connectivity index (χ2v) is 8.06. The number of carbonyl (C=O) groups excluding carboxylic acids is 2. The number of ether oxygens (including phenoxy) is 3. The van der Waals surface area contributed by atoms with Crippen LogP contribution in [0.3, 0.4) is 0 Å². The number of aliphatic hydroxyl groups excluding tert-OH is 1. The number of nitrogens with zero attached hydrogens (tertiary/aromatic N) is 1. The van der Waals surface area contributed by atoms with Crippen LogP contribution >= 0.6 is 0 Å². The molecule has 1 amide bonds. The maximum Gasteiger partial charge on any atom is 0.295 e. The third-order valence-electron chi connectivity index (χ3n) is 6.12. The van der Waals surface area contributed by atoms with Crippen molar-refractivity contribution in [3.05, 3.63) is 95.1 Å². The first-order valence-electron chi connectivity index (χ1n) is 11.2. The van der Waals surface area contributed by atoms with Crippen LogP contribution in [0.2, 0.25) is 0 Å². The largest absolute Gasteiger partial charge is 0.507 e. The summed E-state index contributed by atoms with van der Waals surface area (Å²) >= 11 is 0. The number of aliphatic hydroxyl groups is 1. The zero-order chi connectivity index (χ0) is 24.9. The first-order chi connectivity index (χ1) is 17.0. The number of methoxy groups -OCH3 is 3. The van der Waals surface area contributed by atoms with Crippen LogP contribution in [0, 0.1) is 0 Å². The van der Waals surface area contributed by atoms with Gasteiger partial charge in [-0.05, 0) is 48.4 Å². The second-order valence-electron chi connectivity index (χ2n) is 8.06. The van der Waals surface area contributed by atoms with E-state index < -0.39 is 17.7 Å². The molecule has 7 heteroatoms. The van der Waals surface area contributed by atoms with Gasteiger partial charge in [-0.3, -0.25) is 9.59 Å². The number of amides is 1. The average Bonchev–Trinajstić information content (AvgIpc) is 3.16. The van der Waals surface area contributed by atoms with Crippen LogP contribution in [-0.2, 0) is 16.0 Å². The molecule has 3 aromatic rings. The molecule has 35 heavy (non-hydrogen) atoms. The fourth-order valence-corrected chi connectivity index (χ4v) is 4.28. The minimum Gasteiger partial charge on any atom is -0.507 e. The van der Waals surface area contributed by atoms with Gasteiger partial charge in [-0.15, -0.1) is 0 Å². The highest BCUT2D eigenvalue weighted by molar-refractivity contribution is 6.46. The third-order valence-corrected chi connectivity index (χ3v) is 6.12. The Morgan fingerprint density at radius 3 is 2.14 bits per heavy atom. The van der Waals surface area contributed by atoms with E-state index in [1.165, 1.54) is 12.0 Å². The number of carbonyl (C=O) groups is 2. The summed E-state index contributed by atoms with van der Waals surface area (Å²) < 4.78 is 16.1. The van der Waals surface area contributed by atoms with E-state index in [2.05, 4.69) is 0 Å². The van der Waals surface area contributed by atoms with E-state index >= 15 is 0 Å². The SMILES string of the molecule is COc1ccc(C(O)=C2C(=O)C(=O)N(CCc3ccccc3)[C@H]2c2ccc(OC)cc2OC)cc1. The summed E-state index contributed by atoms with van der Waals surface area (Å²) in [5, 5.41) is 11.2. The third kappa shape index (κ3) is 4.71. The monoisotopic (exact) mass is 473 g/mol. The molecule has 0 radical (unpaired) electrons. The fraction of sp³-hybridized carbons (Fsp3) is 0.214. The molecule has 1 aliphatic heterocycles. The summed E-state index contributed by atoms with van der Waals surface area (Å²) in [4.78, 5) is 28.0. The Morgan fingerprint density at radius 1 is 0.857 bits per heavy atom. The lowest BCUT2D eigenvalue weighted by Gasteiger charge is -2.27. The number of hydrogen-bond acceptors (Lipinski definition) is 6. The molecule has 180 valence electrons. The quantitative estimate of drug-likeness (QED) is 0.297. The number of ketones is 1. The Kier molecular flexibility index (Phi) is 7.06. The normalized spacial score (nSPS) is 16.9. The van der Waals surface area contributed by atoms with Crippen molar-refractivity contribution < 1.29 is 28.9 Å². The van der Waals surface area contributed by atoms with Crippen LogP contribution in [0.1, 0.15) is 22.7 Å². The Bertz CT molecular complexity index is 1250. The number of rotatable bonds is 8. The zero-order valence-corrected chi connectivity index (χ0v) is 19.9. The molecule has 1 heterocycles. The van der Waals surface area contributed by atoms with E-state index in [9.17, 15) is 14.7 Å². The molecule has 7 nitrogen and oxygen atoms in total. The van der Waals surface area contributed by atoms with E-state index in [1.54, 1.807) is 56.7 Å². The van der Waals surface area contributed by atoms with E-state index in [0.717, 1.165) is 5.56 Å². The Hall–Kier alpha value is -4.26. The van der Waals surface area contributed by atoms with Gasteiger partial charge in [0.25, 0.3) is 11.7 Å². The molecule has 3 aromatic carbocycles. The molecule has 0 unspecified atom stereocenters. The second kappa shape index (κ2) is 10.3. The molecule has 0 aliphatic carbocycles. The predicted octanol–water partition coefficient (Wildman–Crippen LogP) is 4.38. The van der Waals surface area contributed by atoms with Crippen LogP contribution in [0.15, 0.2) is 78.4 Å². The lowest BCUT2D eigenvalue weighted by Crippen LogP contribution is -2.31. The lowest BCUT2D eigenvalue weighted by molar-refractivity contribution is -0.139. The summed E-state index contributed by atoms with van der Waals surface area (Å²) in [6, 6.07) is 20.7. The maximum atomic E-state index is 13.3. The summed E-state index contributed by atoms with van der Waals surface area (Å²) in [5.41, 5.74) is 2.03. The van der Waals surface area contributed by atoms with Crippen LogP contribution in [0.25, 0.3) is 5.76 Å². The molecule has 0 saturated carbocycles. The standard InChI is InChI=1S/C28H27NO6/c1-33-20-11-9-19(10-12-20)26(30)24-25(22-14-13-21(34-2)17-23(22)35-3)29(28(32)27(24)31)16-15-18-7-5-4-6-8-18/h4-14,17,25,30H,15-16H2,1-3H3/t25-/m0/s1. The molecule has 1 N–H and O–H groups in total. The minimum atomic E-state index is -0.832. The molecular formula is C28H27NO6. The molecular weight excluding hydrogens is 446 g/mol. The van der Waals surface area contributed by atoms with Gasteiger partial charge >= 0.3 is 0 Å². The first kappa shape index (κ1) is 23.9. The van der Waals surface area contributed by atoms with Gasteiger partial charge in [0.15, 0.2) is 0 Å². The fourth-order valence-electron chi connectivity index (χ4n) is 4.28. The van der Waals surface area contributed by atoms with Crippen molar-refractivity contribution in [3.8, 4) is 17.2 Å². The van der Waals surface area contributed by atoms with Gasteiger partial charge in [0, 0.05) is 23.7 Å². The van der Waals surface area contributed by atoms with Crippen molar-refractivity contribution in [3.63, 3.8) is 0 Å². The predicted molar refractivity (Wildman–Crippen MR) is 132 cm³/mol. The summed E-state index contributed by atoms with van der Waals surface area (Å²) in [7, 11) is 4.60. The topological polar surface area (TPSA) is 85.3 Å². The number of benzene rings is 3. The van der Waals surface area contributed by atoms with Crippen LogP contribution < -0.4 is 14.2 Å². The van der Waals surface area contributed by atoms with Gasteiger partial charge in [0.2, 0.25) is 0 Å². The van der Waals surface area contributed by atoms with Gasteiger partial charge in [-0.2, -0.15) is 0 Å². The maximum absolute atomic E-state index is 13.3. The molecule has 0 bridgehead atoms. The van der Waals surface area contributed by atoms with Crippen LogP contribution in [0.5, 0.6) is 17.2 Å². The summed E-state index contributed by atoms with van der Waals surface area (Å²) in [6.45, 7) is 0.286. The summed E-state index contributed by atoms with van der Waals surface area (Å²) in [6.07, 6.45) is 0.547. The van der Waals surface area contributed by atoms with Gasteiger partial charge in [-0.1, -0.05) is 30.3 Å². The number of hydrogen-bond donors (Lipinski definition) is 1. The highest BCUT2D eigenvalue weighted by Gasteiger charge is 2.46. The Morgan fingerprint density at radius 2 is 1.51 bits per heavy atom. The van der Waals surface area contributed by atoms with Crippen molar-refractivity contribution in [1.82, 2.24) is 4.90 Å². The van der Waals surface area contributed by atoms with Gasteiger partial charge in [0.1, 0.15) is 23.0 Å². The van der Waals surface area contributed by atoms with Crippen molar-refractivity contribution in [1.29, 1.82) is 0 Å². The molecule has 1 atom stereocenters. The smallest absolute Gasteiger partial charge is 0.295 e. The molecule has 1 fully saturated rings. The summed E-state index contributed by atoms with van der Waals surface area (Å²) in [5.74, 6) is -0.0361.